The van der Waals surface area contributed by atoms with Gasteiger partial charge in [0, 0.05) is 30.3 Å². The van der Waals surface area contributed by atoms with E-state index in [0.717, 1.165) is 56.0 Å². The standard InChI is InChI=1S/C33H37F2N3/c1-4-23-15-12-16-24(5-2)31(23)33-36-32(26-18-19-27(34)28(35)21-26)30(38(33)6-3)22-37-20-11-10-17-29(37)25-13-8-7-9-14-25/h7-9,12-16,18-19,21,29H,4-6,10-11,17,20,22H2,1-3H3. The van der Waals surface area contributed by atoms with Gasteiger partial charge in [-0.2, -0.15) is 0 Å². The van der Waals surface area contributed by atoms with Gasteiger partial charge in [0.2, 0.25) is 0 Å². The highest BCUT2D eigenvalue weighted by atomic mass is 19.2. The normalized spacial score (nSPS) is 16.2. The molecular formula is C33H37F2N3. The zero-order valence-electron chi connectivity index (χ0n) is 22.7. The van der Waals surface area contributed by atoms with Crippen molar-refractivity contribution in [3.63, 3.8) is 0 Å². The van der Waals surface area contributed by atoms with Crippen LogP contribution in [0.25, 0.3) is 22.6 Å². The summed E-state index contributed by atoms with van der Waals surface area (Å²) in [4.78, 5) is 7.76. The number of likely N-dealkylation sites (tertiary alicyclic amines) is 1. The van der Waals surface area contributed by atoms with Gasteiger partial charge in [0.15, 0.2) is 11.6 Å². The third-order valence-corrected chi connectivity index (χ3v) is 7.96. The van der Waals surface area contributed by atoms with E-state index in [1.54, 1.807) is 6.07 Å². The van der Waals surface area contributed by atoms with Gasteiger partial charge < -0.3 is 4.57 Å². The molecule has 5 rings (SSSR count). The minimum absolute atomic E-state index is 0.320. The summed E-state index contributed by atoms with van der Waals surface area (Å²) < 4.78 is 30.7. The summed E-state index contributed by atoms with van der Waals surface area (Å²) in [6, 6.07) is 21.7. The van der Waals surface area contributed by atoms with E-state index in [1.165, 1.54) is 40.8 Å². The van der Waals surface area contributed by atoms with E-state index in [-0.39, 0.29) is 0 Å². The average Bonchev–Trinajstić information content (AvgIpc) is 3.32. The number of halogens is 2. The first kappa shape index (κ1) is 26.3. The number of aromatic nitrogens is 2. The molecule has 0 aliphatic carbocycles. The molecule has 1 aliphatic rings. The maximum absolute atomic E-state index is 14.5. The quantitative estimate of drug-likeness (QED) is 0.236. The molecule has 4 aromatic rings. The van der Waals surface area contributed by atoms with Gasteiger partial charge in [-0.25, -0.2) is 13.8 Å². The van der Waals surface area contributed by atoms with Crippen molar-refractivity contribution in [2.75, 3.05) is 6.54 Å². The first-order valence-corrected chi connectivity index (χ1v) is 14.0. The van der Waals surface area contributed by atoms with Gasteiger partial charge in [-0.3, -0.25) is 4.90 Å². The van der Waals surface area contributed by atoms with Crippen LogP contribution < -0.4 is 0 Å². The molecule has 3 nitrogen and oxygen atoms in total. The molecule has 3 aromatic carbocycles. The number of hydrogen-bond acceptors (Lipinski definition) is 2. The summed E-state index contributed by atoms with van der Waals surface area (Å²) in [5.74, 6) is -0.760. The molecule has 1 atom stereocenters. The number of piperidine rings is 1. The van der Waals surface area contributed by atoms with Gasteiger partial charge in [0.1, 0.15) is 5.82 Å². The smallest absolute Gasteiger partial charge is 0.159 e. The number of nitrogens with zero attached hydrogens (tertiary/aromatic N) is 3. The Balaban J connectivity index is 1.69. The number of rotatable bonds is 8. The van der Waals surface area contributed by atoms with Crippen LogP contribution in [-0.4, -0.2) is 21.0 Å². The molecule has 5 heteroatoms. The lowest BCUT2D eigenvalue weighted by Crippen LogP contribution is -2.33. The van der Waals surface area contributed by atoms with E-state index >= 15 is 0 Å². The van der Waals surface area contributed by atoms with E-state index in [0.29, 0.717) is 18.2 Å². The Morgan fingerprint density at radius 3 is 2.24 bits per heavy atom. The van der Waals surface area contributed by atoms with Crippen molar-refractivity contribution in [3.05, 3.63) is 101 Å². The predicted octanol–water partition coefficient (Wildman–Crippen LogP) is 8.37. The fraction of sp³-hybridized carbons (Fsp3) is 0.364. The topological polar surface area (TPSA) is 21.1 Å². The summed E-state index contributed by atoms with van der Waals surface area (Å²) in [6.07, 6.45) is 5.26. The Hall–Kier alpha value is -3.31. The Kier molecular flexibility index (Phi) is 8.04. The van der Waals surface area contributed by atoms with Crippen LogP contribution in [0.15, 0.2) is 66.7 Å². The molecule has 38 heavy (non-hydrogen) atoms. The van der Waals surface area contributed by atoms with Crippen molar-refractivity contribution < 1.29 is 8.78 Å². The molecule has 1 unspecified atom stereocenters. The van der Waals surface area contributed by atoms with Crippen molar-refractivity contribution >= 4 is 0 Å². The lowest BCUT2D eigenvalue weighted by Gasteiger charge is -2.36. The summed E-state index contributed by atoms with van der Waals surface area (Å²) in [5, 5.41) is 0. The molecule has 1 saturated heterocycles. The SMILES string of the molecule is CCc1cccc(CC)c1-c1nc(-c2ccc(F)c(F)c2)c(CN2CCCCC2c2ccccc2)n1CC. The van der Waals surface area contributed by atoms with Crippen LogP contribution in [-0.2, 0) is 25.9 Å². The van der Waals surface area contributed by atoms with E-state index in [9.17, 15) is 8.78 Å². The first-order valence-electron chi connectivity index (χ1n) is 14.0. The van der Waals surface area contributed by atoms with Crippen LogP contribution in [0.1, 0.15) is 68.5 Å². The maximum Gasteiger partial charge on any atom is 0.159 e. The zero-order valence-corrected chi connectivity index (χ0v) is 22.7. The van der Waals surface area contributed by atoms with Crippen molar-refractivity contribution in [2.24, 2.45) is 0 Å². The van der Waals surface area contributed by atoms with E-state index in [4.69, 9.17) is 4.98 Å². The molecule has 0 bridgehead atoms. The molecule has 0 saturated carbocycles. The molecule has 2 heterocycles. The number of benzene rings is 3. The Morgan fingerprint density at radius 1 is 0.842 bits per heavy atom. The van der Waals surface area contributed by atoms with Crippen LogP contribution >= 0.6 is 0 Å². The summed E-state index contributed by atoms with van der Waals surface area (Å²) >= 11 is 0. The minimum Gasteiger partial charge on any atom is -0.327 e. The molecule has 0 spiro atoms. The molecule has 0 radical (unpaired) electrons. The van der Waals surface area contributed by atoms with Crippen LogP contribution in [0.3, 0.4) is 0 Å². The highest BCUT2D eigenvalue weighted by Gasteiger charge is 2.29. The van der Waals surface area contributed by atoms with Crippen molar-refractivity contribution in [2.45, 2.75) is 72.0 Å². The maximum atomic E-state index is 14.5. The second-order valence-electron chi connectivity index (χ2n) is 10.2. The lowest BCUT2D eigenvalue weighted by atomic mass is 9.95. The molecule has 1 aliphatic heterocycles. The molecule has 198 valence electrons. The Morgan fingerprint density at radius 2 is 1.58 bits per heavy atom. The fourth-order valence-corrected chi connectivity index (χ4v) is 6.01. The lowest BCUT2D eigenvalue weighted by molar-refractivity contribution is 0.137. The largest absolute Gasteiger partial charge is 0.327 e. The highest BCUT2D eigenvalue weighted by Crippen LogP contribution is 2.38. The van der Waals surface area contributed by atoms with Gasteiger partial charge in [-0.1, -0.05) is 68.8 Å². The van der Waals surface area contributed by atoms with Gasteiger partial charge in [-0.15, -0.1) is 0 Å². The highest BCUT2D eigenvalue weighted by molar-refractivity contribution is 5.72. The van der Waals surface area contributed by atoms with E-state index in [2.05, 4.69) is 78.8 Å². The second-order valence-corrected chi connectivity index (χ2v) is 10.2. The minimum atomic E-state index is -0.843. The third kappa shape index (κ3) is 5.04. The average molecular weight is 514 g/mol. The van der Waals surface area contributed by atoms with Crippen LogP contribution in [0.5, 0.6) is 0 Å². The zero-order chi connectivity index (χ0) is 26.6. The molecular weight excluding hydrogens is 476 g/mol. The number of imidazole rings is 1. The van der Waals surface area contributed by atoms with Crippen LogP contribution in [0, 0.1) is 11.6 Å². The summed E-state index contributed by atoms with van der Waals surface area (Å²) in [7, 11) is 0. The van der Waals surface area contributed by atoms with Crippen molar-refractivity contribution in [1.29, 1.82) is 0 Å². The van der Waals surface area contributed by atoms with Crippen molar-refractivity contribution in [3.8, 4) is 22.6 Å². The second kappa shape index (κ2) is 11.6. The fourth-order valence-electron chi connectivity index (χ4n) is 6.01. The first-order chi connectivity index (χ1) is 18.5. The predicted molar refractivity (Wildman–Crippen MR) is 151 cm³/mol. The van der Waals surface area contributed by atoms with Crippen LogP contribution in [0.2, 0.25) is 0 Å². The van der Waals surface area contributed by atoms with Gasteiger partial charge in [0.25, 0.3) is 0 Å². The number of hydrogen-bond donors (Lipinski definition) is 0. The Bertz CT molecular complexity index is 1370. The molecule has 1 aromatic heterocycles. The Labute approximate surface area is 225 Å². The molecule has 1 fully saturated rings. The monoisotopic (exact) mass is 513 g/mol. The summed E-state index contributed by atoms with van der Waals surface area (Å²) in [6.45, 7) is 8.93. The number of aryl methyl sites for hydroxylation is 2. The molecule has 0 N–H and O–H groups in total. The third-order valence-electron chi connectivity index (χ3n) is 7.96. The van der Waals surface area contributed by atoms with E-state index < -0.39 is 11.6 Å². The van der Waals surface area contributed by atoms with Gasteiger partial charge in [0.05, 0.1) is 11.4 Å². The van der Waals surface area contributed by atoms with Crippen molar-refractivity contribution in [1.82, 2.24) is 14.5 Å². The van der Waals surface area contributed by atoms with E-state index in [1.807, 2.05) is 0 Å². The van der Waals surface area contributed by atoms with Gasteiger partial charge >= 0.3 is 0 Å². The summed E-state index contributed by atoms with van der Waals surface area (Å²) in [5.41, 5.74) is 7.44. The van der Waals surface area contributed by atoms with Crippen LogP contribution in [0.4, 0.5) is 8.78 Å². The molecule has 0 amide bonds. The van der Waals surface area contributed by atoms with Gasteiger partial charge in [-0.05, 0) is 74.0 Å².